The third-order valence-corrected chi connectivity index (χ3v) is 5.60. The number of carboxylic acids is 1. The molecular formula is C22H30N2O5. The first-order chi connectivity index (χ1) is 13.5. The highest BCUT2D eigenvalue weighted by Gasteiger charge is 2.45. The number of benzene rings is 1. The molecule has 1 unspecified atom stereocenters. The smallest absolute Gasteiger partial charge is 0.410 e. The molecule has 29 heavy (non-hydrogen) atoms. The number of likely N-dealkylation sites (tertiary alicyclic amines) is 1. The molecule has 158 valence electrons. The van der Waals surface area contributed by atoms with E-state index in [2.05, 4.69) is 0 Å². The fourth-order valence-electron chi connectivity index (χ4n) is 4.04. The number of amides is 2. The van der Waals surface area contributed by atoms with Crippen LogP contribution < -0.4 is 4.90 Å². The SMILES string of the molecule is CC(Cc1ccc(N2C[C@@H]3CN(C(=O)OC(C)(C)C)CC[C@@H]3C2=O)cc1)C(=O)O. The van der Waals surface area contributed by atoms with Gasteiger partial charge in [-0.25, -0.2) is 4.79 Å². The maximum absolute atomic E-state index is 12.9. The van der Waals surface area contributed by atoms with Crippen molar-refractivity contribution in [2.24, 2.45) is 17.8 Å². The Morgan fingerprint density at radius 2 is 1.86 bits per heavy atom. The molecule has 2 heterocycles. The summed E-state index contributed by atoms with van der Waals surface area (Å²) in [7, 11) is 0. The minimum atomic E-state index is -0.817. The monoisotopic (exact) mass is 402 g/mol. The van der Waals surface area contributed by atoms with E-state index >= 15 is 0 Å². The number of anilines is 1. The van der Waals surface area contributed by atoms with Crippen molar-refractivity contribution in [3.05, 3.63) is 29.8 Å². The third-order valence-electron chi connectivity index (χ3n) is 5.60. The Bertz CT molecular complexity index is 783. The molecule has 2 amide bonds. The quantitative estimate of drug-likeness (QED) is 0.836. The van der Waals surface area contributed by atoms with Gasteiger partial charge in [0.05, 0.1) is 5.92 Å². The summed E-state index contributed by atoms with van der Waals surface area (Å²) < 4.78 is 5.47. The highest BCUT2D eigenvalue weighted by atomic mass is 16.6. The maximum atomic E-state index is 12.9. The molecule has 7 heteroatoms. The van der Waals surface area contributed by atoms with Crippen LogP contribution >= 0.6 is 0 Å². The van der Waals surface area contributed by atoms with Gasteiger partial charge in [0.25, 0.3) is 0 Å². The first kappa shape index (κ1) is 21.1. The molecule has 2 aliphatic heterocycles. The zero-order chi connectivity index (χ0) is 21.3. The van der Waals surface area contributed by atoms with E-state index < -0.39 is 17.5 Å². The number of fused-ring (bicyclic) bond motifs is 1. The van der Waals surface area contributed by atoms with Crippen molar-refractivity contribution in [2.45, 2.75) is 46.1 Å². The number of nitrogens with zero attached hydrogens (tertiary/aromatic N) is 2. The molecule has 0 aromatic heterocycles. The summed E-state index contributed by atoms with van der Waals surface area (Å²) in [5.74, 6) is -1.14. The Morgan fingerprint density at radius 3 is 2.45 bits per heavy atom. The molecular weight excluding hydrogens is 372 g/mol. The van der Waals surface area contributed by atoms with E-state index in [0.29, 0.717) is 32.5 Å². The van der Waals surface area contributed by atoms with Crippen molar-refractivity contribution in [1.29, 1.82) is 0 Å². The second-order valence-electron chi connectivity index (χ2n) is 9.14. The summed E-state index contributed by atoms with van der Waals surface area (Å²) in [5, 5.41) is 9.06. The Labute approximate surface area is 171 Å². The van der Waals surface area contributed by atoms with Gasteiger partial charge in [-0.05, 0) is 51.3 Å². The minimum Gasteiger partial charge on any atom is -0.481 e. The molecule has 2 fully saturated rings. The fraction of sp³-hybridized carbons (Fsp3) is 0.591. The molecule has 7 nitrogen and oxygen atoms in total. The van der Waals surface area contributed by atoms with Gasteiger partial charge >= 0.3 is 12.1 Å². The van der Waals surface area contributed by atoms with Crippen molar-refractivity contribution >= 4 is 23.7 Å². The Kier molecular flexibility index (Phi) is 5.87. The number of carbonyl (C=O) groups is 3. The van der Waals surface area contributed by atoms with E-state index in [9.17, 15) is 14.4 Å². The van der Waals surface area contributed by atoms with Gasteiger partial charge in [-0.1, -0.05) is 19.1 Å². The van der Waals surface area contributed by atoms with Crippen molar-refractivity contribution in [3.63, 3.8) is 0 Å². The van der Waals surface area contributed by atoms with Crippen molar-refractivity contribution in [2.75, 3.05) is 24.5 Å². The molecule has 3 rings (SSSR count). The third kappa shape index (κ3) is 4.89. The molecule has 1 aromatic carbocycles. The van der Waals surface area contributed by atoms with E-state index in [-0.39, 0.29) is 23.8 Å². The van der Waals surface area contributed by atoms with Crippen LogP contribution in [0.3, 0.4) is 0 Å². The Morgan fingerprint density at radius 1 is 1.21 bits per heavy atom. The van der Waals surface area contributed by atoms with Crippen LogP contribution in [0.2, 0.25) is 0 Å². The van der Waals surface area contributed by atoms with Crippen LogP contribution in [0.1, 0.15) is 39.7 Å². The molecule has 0 spiro atoms. The number of ether oxygens (including phenoxy) is 1. The van der Waals surface area contributed by atoms with Crippen LogP contribution in [0, 0.1) is 17.8 Å². The molecule has 1 N–H and O–H groups in total. The van der Waals surface area contributed by atoms with E-state index in [1.54, 1.807) is 16.7 Å². The molecule has 0 radical (unpaired) electrons. The molecule has 0 saturated carbocycles. The Hall–Kier alpha value is -2.57. The lowest BCUT2D eigenvalue weighted by Gasteiger charge is -2.34. The van der Waals surface area contributed by atoms with Gasteiger partial charge in [0.2, 0.25) is 5.91 Å². The van der Waals surface area contributed by atoms with Crippen molar-refractivity contribution in [1.82, 2.24) is 4.90 Å². The molecule has 0 aliphatic carbocycles. The van der Waals surface area contributed by atoms with E-state index in [1.807, 2.05) is 45.0 Å². The maximum Gasteiger partial charge on any atom is 0.410 e. The van der Waals surface area contributed by atoms with Crippen molar-refractivity contribution in [3.8, 4) is 0 Å². The number of carboxylic acid groups (broad SMARTS) is 1. The van der Waals surface area contributed by atoms with Crippen LogP contribution in [-0.4, -0.2) is 53.2 Å². The fourth-order valence-corrected chi connectivity index (χ4v) is 4.04. The van der Waals surface area contributed by atoms with Crippen LogP contribution in [0.5, 0.6) is 0 Å². The summed E-state index contributed by atoms with van der Waals surface area (Å²) in [4.78, 5) is 39.8. The number of aliphatic carboxylic acids is 1. The Balaban J connectivity index is 1.64. The number of hydrogen-bond acceptors (Lipinski definition) is 4. The molecule has 2 saturated heterocycles. The normalized spacial score (nSPS) is 23.0. The summed E-state index contributed by atoms with van der Waals surface area (Å²) in [5.41, 5.74) is 1.22. The summed E-state index contributed by atoms with van der Waals surface area (Å²) in [6.45, 7) is 8.85. The van der Waals surface area contributed by atoms with Gasteiger partial charge in [0.15, 0.2) is 0 Å². The van der Waals surface area contributed by atoms with Crippen LogP contribution in [0.4, 0.5) is 10.5 Å². The topological polar surface area (TPSA) is 87.2 Å². The lowest BCUT2D eigenvalue weighted by atomic mass is 9.88. The second kappa shape index (κ2) is 8.05. The zero-order valence-electron chi connectivity index (χ0n) is 17.6. The second-order valence-corrected chi connectivity index (χ2v) is 9.14. The highest BCUT2D eigenvalue weighted by molar-refractivity contribution is 5.97. The van der Waals surface area contributed by atoms with Crippen LogP contribution in [0.15, 0.2) is 24.3 Å². The number of carbonyl (C=O) groups excluding carboxylic acids is 2. The van der Waals surface area contributed by atoms with Gasteiger partial charge in [-0.15, -0.1) is 0 Å². The van der Waals surface area contributed by atoms with Gasteiger partial charge in [0.1, 0.15) is 5.60 Å². The van der Waals surface area contributed by atoms with Gasteiger partial charge in [0, 0.05) is 37.2 Å². The van der Waals surface area contributed by atoms with Gasteiger partial charge in [-0.3, -0.25) is 9.59 Å². The predicted octanol–water partition coefficient (Wildman–Crippen LogP) is 3.17. The number of hydrogen-bond donors (Lipinski definition) is 1. The van der Waals surface area contributed by atoms with E-state index in [4.69, 9.17) is 9.84 Å². The van der Waals surface area contributed by atoms with Crippen LogP contribution in [0.25, 0.3) is 0 Å². The average molecular weight is 402 g/mol. The largest absolute Gasteiger partial charge is 0.481 e. The average Bonchev–Trinajstić information content (AvgIpc) is 2.97. The lowest BCUT2D eigenvalue weighted by Crippen LogP contribution is -2.46. The van der Waals surface area contributed by atoms with Gasteiger partial charge in [-0.2, -0.15) is 0 Å². The first-order valence-corrected chi connectivity index (χ1v) is 10.2. The molecule has 1 aromatic rings. The minimum absolute atomic E-state index is 0.0691. The first-order valence-electron chi connectivity index (χ1n) is 10.2. The van der Waals surface area contributed by atoms with E-state index in [0.717, 1.165) is 11.3 Å². The van der Waals surface area contributed by atoms with E-state index in [1.165, 1.54) is 0 Å². The summed E-state index contributed by atoms with van der Waals surface area (Å²) >= 11 is 0. The predicted molar refractivity (Wildman–Crippen MR) is 109 cm³/mol. The zero-order valence-corrected chi connectivity index (χ0v) is 17.6. The standard InChI is InChI=1S/C22H30N2O5/c1-14(20(26)27)11-15-5-7-17(8-6-15)24-13-16-12-23(10-9-18(16)19(24)25)21(28)29-22(2,3)4/h5-8,14,16,18H,9-13H2,1-4H3,(H,26,27)/t14?,16-,18-/m0/s1. The highest BCUT2D eigenvalue weighted by Crippen LogP contribution is 2.35. The van der Waals surface area contributed by atoms with Gasteiger partial charge < -0.3 is 19.6 Å². The number of piperidine rings is 1. The molecule has 0 bridgehead atoms. The summed E-state index contributed by atoms with van der Waals surface area (Å²) in [6.07, 6.45) is 0.784. The molecule has 3 atom stereocenters. The lowest BCUT2D eigenvalue weighted by molar-refractivity contribution is -0.141. The van der Waals surface area contributed by atoms with Crippen molar-refractivity contribution < 1.29 is 24.2 Å². The summed E-state index contributed by atoms with van der Waals surface area (Å²) in [6, 6.07) is 7.53. The van der Waals surface area contributed by atoms with Crippen LogP contribution in [-0.2, 0) is 20.7 Å². The number of rotatable bonds is 4. The molecule has 2 aliphatic rings.